The number of hydrogen-bond acceptors (Lipinski definition) is 6. The molecule has 0 bridgehead atoms. The number of hydrogen-bond donors (Lipinski definition) is 2. The van der Waals surface area contributed by atoms with E-state index >= 15 is 0 Å². The first-order valence-corrected chi connectivity index (χ1v) is 4.58. The van der Waals surface area contributed by atoms with Gasteiger partial charge in [0, 0.05) is 0 Å². The lowest BCUT2D eigenvalue weighted by atomic mass is 10.3. The quantitative estimate of drug-likeness (QED) is 0.523. The van der Waals surface area contributed by atoms with Crippen molar-refractivity contribution in [3.63, 3.8) is 0 Å². The lowest BCUT2D eigenvalue weighted by molar-refractivity contribution is -0.135. The third-order valence-corrected chi connectivity index (χ3v) is 1.63. The molecule has 1 rings (SSSR count). The summed E-state index contributed by atoms with van der Waals surface area (Å²) in [5.41, 5.74) is 10.2. The van der Waals surface area contributed by atoms with Crippen molar-refractivity contribution < 1.29 is 19.1 Å². The summed E-state index contributed by atoms with van der Waals surface area (Å²) in [5, 5.41) is 0. The molecule has 0 aliphatic heterocycles. The third-order valence-electron chi connectivity index (χ3n) is 1.63. The summed E-state index contributed by atoms with van der Waals surface area (Å²) >= 11 is 0. The molecule has 1 aromatic rings. The van der Waals surface area contributed by atoms with Gasteiger partial charge in [-0.3, -0.25) is 9.59 Å². The lowest BCUT2D eigenvalue weighted by Crippen LogP contribution is -2.22. The summed E-state index contributed by atoms with van der Waals surface area (Å²) < 4.78 is 9.72. The van der Waals surface area contributed by atoms with Gasteiger partial charge in [0.25, 0.3) is 0 Å². The zero-order chi connectivity index (χ0) is 12.0. The van der Waals surface area contributed by atoms with Gasteiger partial charge in [-0.2, -0.15) is 0 Å². The van der Waals surface area contributed by atoms with E-state index in [2.05, 4.69) is 0 Å². The molecule has 0 heterocycles. The van der Waals surface area contributed by atoms with Gasteiger partial charge in [-0.15, -0.1) is 0 Å². The fraction of sp³-hybridized carbons (Fsp3) is 0.200. The van der Waals surface area contributed by atoms with Crippen LogP contribution in [0.5, 0.6) is 11.5 Å². The molecule has 0 amide bonds. The van der Waals surface area contributed by atoms with Crippen LogP contribution in [0.15, 0.2) is 24.3 Å². The fourth-order valence-electron chi connectivity index (χ4n) is 0.947. The Morgan fingerprint density at radius 3 is 1.62 bits per heavy atom. The number of ether oxygens (including phenoxy) is 2. The minimum atomic E-state index is -0.615. The summed E-state index contributed by atoms with van der Waals surface area (Å²) in [6, 6.07) is 6.26. The third kappa shape index (κ3) is 3.34. The van der Waals surface area contributed by atoms with E-state index in [1.165, 1.54) is 12.1 Å². The van der Waals surface area contributed by atoms with Crippen molar-refractivity contribution >= 4 is 11.9 Å². The molecule has 1 aromatic carbocycles. The van der Waals surface area contributed by atoms with Crippen molar-refractivity contribution in [1.82, 2.24) is 0 Å². The number of benzene rings is 1. The fourth-order valence-corrected chi connectivity index (χ4v) is 0.947. The summed E-state index contributed by atoms with van der Waals surface area (Å²) in [6.45, 7) is -0.502. The summed E-state index contributed by atoms with van der Waals surface area (Å²) in [5.74, 6) is -0.952. The highest BCUT2D eigenvalue weighted by Gasteiger charge is 2.11. The van der Waals surface area contributed by atoms with Gasteiger partial charge < -0.3 is 20.9 Å². The van der Waals surface area contributed by atoms with Crippen molar-refractivity contribution in [2.45, 2.75) is 0 Å². The number of carbonyl (C=O) groups excluding carboxylic acids is 2. The lowest BCUT2D eigenvalue weighted by Gasteiger charge is -2.08. The molecule has 16 heavy (non-hydrogen) atoms. The molecule has 0 aromatic heterocycles. The second kappa shape index (κ2) is 5.84. The van der Waals surface area contributed by atoms with Gasteiger partial charge in [0.2, 0.25) is 0 Å². The Hall–Kier alpha value is -1.92. The van der Waals surface area contributed by atoms with Crippen molar-refractivity contribution in [2.75, 3.05) is 13.1 Å². The topological polar surface area (TPSA) is 105 Å². The van der Waals surface area contributed by atoms with Crippen LogP contribution in [0.1, 0.15) is 0 Å². The molecule has 6 heteroatoms. The van der Waals surface area contributed by atoms with E-state index in [9.17, 15) is 9.59 Å². The monoisotopic (exact) mass is 224 g/mol. The Balaban J connectivity index is 2.83. The maximum atomic E-state index is 11.0. The zero-order valence-electron chi connectivity index (χ0n) is 8.51. The van der Waals surface area contributed by atoms with Gasteiger partial charge >= 0.3 is 11.9 Å². The van der Waals surface area contributed by atoms with E-state index in [-0.39, 0.29) is 24.6 Å². The van der Waals surface area contributed by atoms with Gasteiger partial charge in [0.1, 0.15) is 0 Å². The zero-order valence-corrected chi connectivity index (χ0v) is 8.51. The number of rotatable bonds is 4. The average Bonchev–Trinajstić information content (AvgIpc) is 2.31. The van der Waals surface area contributed by atoms with Gasteiger partial charge in [0.15, 0.2) is 11.5 Å². The highest BCUT2D eigenvalue weighted by atomic mass is 16.6. The number of esters is 2. The standard InChI is InChI=1S/C10H12N2O4/c11-5-9(13)15-7-3-1-2-4-8(7)16-10(14)6-12/h1-4H,5-6,11-12H2. The number of nitrogens with two attached hydrogens (primary N) is 2. The maximum Gasteiger partial charge on any atom is 0.325 e. The van der Waals surface area contributed by atoms with Gasteiger partial charge in [-0.1, -0.05) is 12.1 Å². The van der Waals surface area contributed by atoms with Crippen LogP contribution in [0.4, 0.5) is 0 Å². The minimum Gasteiger partial charge on any atom is -0.422 e. The van der Waals surface area contributed by atoms with E-state index < -0.39 is 11.9 Å². The van der Waals surface area contributed by atoms with E-state index in [1.54, 1.807) is 12.1 Å². The Morgan fingerprint density at radius 1 is 0.938 bits per heavy atom. The first-order valence-electron chi connectivity index (χ1n) is 4.58. The first-order chi connectivity index (χ1) is 7.67. The van der Waals surface area contributed by atoms with Crippen LogP contribution in [0, 0.1) is 0 Å². The second-order valence-corrected chi connectivity index (χ2v) is 2.80. The van der Waals surface area contributed by atoms with Crippen LogP contribution in [0.2, 0.25) is 0 Å². The van der Waals surface area contributed by atoms with Crippen molar-refractivity contribution in [2.24, 2.45) is 11.5 Å². The van der Waals surface area contributed by atoms with E-state index in [4.69, 9.17) is 20.9 Å². The van der Waals surface area contributed by atoms with E-state index in [0.29, 0.717) is 0 Å². The summed E-state index contributed by atoms with van der Waals surface area (Å²) in [6.07, 6.45) is 0. The Bertz CT molecular complexity index is 355. The Morgan fingerprint density at radius 2 is 1.31 bits per heavy atom. The molecule has 0 fully saturated rings. The molecule has 6 nitrogen and oxygen atoms in total. The van der Waals surface area contributed by atoms with Crippen LogP contribution in [0.25, 0.3) is 0 Å². The predicted molar refractivity (Wildman–Crippen MR) is 55.8 cm³/mol. The molecule has 0 saturated carbocycles. The highest BCUT2D eigenvalue weighted by Crippen LogP contribution is 2.26. The molecule has 0 aliphatic carbocycles. The average molecular weight is 224 g/mol. The first kappa shape index (κ1) is 12.2. The largest absolute Gasteiger partial charge is 0.422 e. The Labute approximate surface area is 92.1 Å². The van der Waals surface area contributed by atoms with Crippen molar-refractivity contribution in [3.8, 4) is 11.5 Å². The molecule has 0 unspecified atom stereocenters. The van der Waals surface area contributed by atoms with E-state index in [0.717, 1.165) is 0 Å². The summed E-state index contributed by atoms with van der Waals surface area (Å²) in [4.78, 5) is 22.0. The number of carbonyl (C=O) groups is 2. The second-order valence-electron chi connectivity index (χ2n) is 2.80. The highest BCUT2D eigenvalue weighted by molar-refractivity contribution is 5.77. The van der Waals surface area contributed by atoms with Crippen molar-refractivity contribution in [1.29, 1.82) is 0 Å². The van der Waals surface area contributed by atoms with Crippen LogP contribution in [0.3, 0.4) is 0 Å². The van der Waals surface area contributed by atoms with Gasteiger partial charge in [-0.05, 0) is 12.1 Å². The molecule has 86 valence electrons. The number of para-hydroxylation sites is 2. The van der Waals surface area contributed by atoms with Crippen LogP contribution < -0.4 is 20.9 Å². The van der Waals surface area contributed by atoms with Crippen LogP contribution in [-0.4, -0.2) is 25.0 Å². The smallest absolute Gasteiger partial charge is 0.325 e. The molecule has 0 saturated heterocycles. The normalized spacial score (nSPS) is 9.62. The molecule has 0 aliphatic rings. The molecule has 0 spiro atoms. The van der Waals surface area contributed by atoms with Crippen LogP contribution >= 0.6 is 0 Å². The molecule has 4 N–H and O–H groups in total. The Kier molecular flexibility index (Phi) is 4.43. The maximum absolute atomic E-state index is 11.0. The van der Waals surface area contributed by atoms with Crippen molar-refractivity contribution in [3.05, 3.63) is 24.3 Å². The minimum absolute atomic E-state index is 0.139. The predicted octanol–water partition coefficient (Wildman–Crippen LogP) is -0.585. The molecular formula is C10H12N2O4. The summed E-state index contributed by atoms with van der Waals surface area (Å²) in [7, 11) is 0. The van der Waals surface area contributed by atoms with Gasteiger partial charge in [-0.25, -0.2) is 0 Å². The SMILES string of the molecule is NCC(=O)Oc1ccccc1OC(=O)CN. The van der Waals surface area contributed by atoms with E-state index in [1.807, 2.05) is 0 Å². The molecular weight excluding hydrogens is 212 g/mol. The van der Waals surface area contributed by atoms with Crippen LogP contribution in [-0.2, 0) is 9.59 Å². The van der Waals surface area contributed by atoms with Gasteiger partial charge in [0.05, 0.1) is 13.1 Å². The molecule has 0 radical (unpaired) electrons. The molecule has 0 atom stereocenters.